The Bertz CT molecular complexity index is 890. The summed E-state index contributed by atoms with van der Waals surface area (Å²) in [6.45, 7) is 3.35. The van der Waals surface area contributed by atoms with E-state index in [1.165, 1.54) is 11.3 Å². The lowest BCUT2D eigenvalue weighted by Crippen LogP contribution is -2.30. The van der Waals surface area contributed by atoms with Gasteiger partial charge in [-0.1, -0.05) is 18.2 Å². The molecular weight excluding hydrogens is 320 g/mol. The number of amides is 1. The second kappa shape index (κ2) is 6.24. The highest BCUT2D eigenvalue weighted by Crippen LogP contribution is 2.23. The van der Waals surface area contributed by atoms with E-state index in [0.717, 1.165) is 34.3 Å². The van der Waals surface area contributed by atoms with Gasteiger partial charge in [0.15, 0.2) is 0 Å². The Labute approximate surface area is 144 Å². The molecule has 1 aliphatic rings. The van der Waals surface area contributed by atoms with Crippen molar-refractivity contribution < 1.29 is 9.53 Å². The van der Waals surface area contributed by atoms with Crippen LogP contribution in [0, 0.1) is 6.92 Å². The van der Waals surface area contributed by atoms with E-state index in [1.807, 2.05) is 59.7 Å². The number of fused-ring (bicyclic) bond motifs is 1. The first-order chi connectivity index (χ1) is 11.7. The van der Waals surface area contributed by atoms with E-state index in [4.69, 9.17) is 4.74 Å². The monoisotopic (exact) mass is 338 g/mol. The molecule has 4 nitrogen and oxygen atoms in total. The molecule has 0 aliphatic carbocycles. The summed E-state index contributed by atoms with van der Waals surface area (Å²) in [5.74, 6) is 0.727. The van der Waals surface area contributed by atoms with E-state index < -0.39 is 0 Å². The van der Waals surface area contributed by atoms with E-state index in [9.17, 15) is 4.79 Å². The summed E-state index contributed by atoms with van der Waals surface area (Å²) < 4.78 is 6.00. The first-order valence-corrected chi connectivity index (χ1v) is 8.94. The highest BCUT2D eigenvalue weighted by atomic mass is 32.1. The van der Waals surface area contributed by atoms with Gasteiger partial charge >= 0.3 is 0 Å². The number of nitrogens with zero attached hydrogens (tertiary/aromatic N) is 2. The molecule has 0 spiro atoms. The molecule has 1 saturated heterocycles. The number of aryl methyl sites for hydroxylation is 1. The zero-order chi connectivity index (χ0) is 16.5. The third kappa shape index (κ3) is 2.99. The van der Waals surface area contributed by atoms with Gasteiger partial charge in [-0.2, -0.15) is 0 Å². The minimum absolute atomic E-state index is 0.00340. The molecule has 24 heavy (non-hydrogen) atoms. The summed E-state index contributed by atoms with van der Waals surface area (Å²) in [5, 5.41) is 3.11. The van der Waals surface area contributed by atoms with Gasteiger partial charge in [-0.15, -0.1) is 11.3 Å². The van der Waals surface area contributed by atoms with Crippen LogP contribution in [0.15, 0.2) is 47.8 Å². The molecule has 3 heterocycles. The van der Waals surface area contributed by atoms with Crippen LogP contribution in [0.1, 0.15) is 21.7 Å². The van der Waals surface area contributed by atoms with Crippen molar-refractivity contribution in [2.75, 3.05) is 13.1 Å². The lowest BCUT2D eigenvalue weighted by molar-refractivity contribution is 0.0776. The number of hydrogen-bond acceptors (Lipinski definition) is 4. The van der Waals surface area contributed by atoms with Crippen LogP contribution in [-0.2, 0) is 0 Å². The summed E-state index contributed by atoms with van der Waals surface area (Å²) in [7, 11) is 0. The number of hydrogen-bond donors (Lipinski definition) is 0. The van der Waals surface area contributed by atoms with Crippen LogP contribution in [-0.4, -0.2) is 35.0 Å². The molecule has 1 amide bonds. The number of carbonyl (C=O) groups excluding carboxylic acids is 1. The molecular formula is C19H18N2O2S. The fourth-order valence-electron chi connectivity index (χ4n) is 2.99. The third-order valence-electron chi connectivity index (χ3n) is 4.23. The number of likely N-dealkylation sites (tertiary alicyclic amines) is 1. The topological polar surface area (TPSA) is 42.4 Å². The van der Waals surface area contributed by atoms with Gasteiger partial charge < -0.3 is 9.64 Å². The Kier molecular flexibility index (Phi) is 3.94. The third-order valence-corrected chi connectivity index (χ3v) is 5.27. The fraction of sp³-hybridized carbons (Fsp3) is 0.263. The van der Waals surface area contributed by atoms with Gasteiger partial charge in [0.05, 0.1) is 16.9 Å². The second-order valence-electron chi connectivity index (χ2n) is 6.11. The van der Waals surface area contributed by atoms with Gasteiger partial charge in [0.1, 0.15) is 6.10 Å². The van der Waals surface area contributed by atoms with Crippen LogP contribution in [0.4, 0.5) is 0 Å². The minimum Gasteiger partial charge on any atom is -0.472 e. The zero-order valence-corrected chi connectivity index (χ0v) is 14.3. The van der Waals surface area contributed by atoms with Crippen LogP contribution in [0.5, 0.6) is 5.88 Å². The van der Waals surface area contributed by atoms with Crippen molar-refractivity contribution in [1.29, 1.82) is 0 Å². The number of pyridine rings is 1. The fourth-order valence-corrected chi connectivity index (χ4v) is 3.86. The molecule has 0 N–H and O–H groups in total. The van der Waals surface area contributed by atoms with Crippen molar-refractivity contribution in [3.05, 3.63) is 58.3 Å². The maximum atomic E-state index is 12.5. The molecule has 0 bridgehead atoms. The SMILES string of the molecule is Cc1csc(C(=O)N2CCC(Oc3ccc4ccccc4n3)C2)c1. The first-order valence-electron chi connectivity index (χ1n) is 8.06. The second-order valence-corrected chi connectivity index (χ2v) is 7.02. The predicted octanol–water partition coefficient (Wildman–Crippen LogP) is 3.90. The van der Waals surface area contributed by atoms with Crippen LogP contribution < -0.4 is 4.74 Å². The molecule has 0 saturated carbocycles. The lowest BCUT2D eigenvalue weighted by atomic mass is 10.2. The smallest absolute Gasteiger partial charge is 0.264 e. The van der Waals surface area contributed by atoms with Crippen LogP contribution >= 0.6 is 11.3 Å². The summed E-state index contributed by atoms with van der Waals surface area (Å²) >= 11 is 1.51. The Morgan fingerprint density at radius 3 is 3.00 bits per heavy atom. The minimum atomic E-state index is 0.00340. The van der Waals surface area contributed by atoms with E-state index in [0.29, 0.717) is 12.4 Å². The normalized spacial score (nSPS) is 17.4. The molecule has 1 aliphatic heterocycles. The molecule has 1 atom stereocenters. The summed E-state index contributed by atoms with van der Waals surface area (Å²) in [6, 6.07) is 13.8. The first kappa shape index (κ1) is 15.1. The molecule has 4 rings (SSSR count). The number of carbonyl (C=O) groups is 1. The quantitative estimate of drug-likeness (QED) is 0.727. The van der Waals surface area contributed by atoms with Crippen molar-refractivity contribution in [1.82, 2.24) is 9.88 Å². The highest BCUT2D eigenvalue weighted by molar-refractivity contribution is 7.12. The van der Waals surface area contributed by atoms with E-state index in [-0.39, 0.29) is 12.0 Å². The predicted molar refractivity (Wildman–Crippen MR) is 95.7 cm³/mol. The van der Waals surface area contributed by atoms with Crippen molar-refractivity contribution in [2.24, 2.45) is 0 Å². The van der Waals surface area contributed by atoms with Crippen molar-refractivity contribution >= 4 is 28.1 Å². The Hall–Kier alpha value is -2.40. The number of benzene rings is 1. The lowest BCUT2D eigenvalue weighted by Gasteiger charge is -2.16. The maximum absolute atomic E-state index is 12.5. The average molecular weight is 338 g/mol. The van der Waals surface area contributed by atoms with Crippen LogP contribution in [0.25, 0.3) is 10.9 Å². The molecule has 1 fully saturated rings. The standard InChI is InChI=1S/C19H18N2O2S/c1-13-10-17(24-12-13)19(22)21-9-8-15(11-21)23-18-7-6-14-4-2-3-5-16(14)20-18/h2-7,10,12,15H,8-9,11H2,1H3. The molecule has 2 aromatic heterocycles. The zero-order valence-electron chi connectivity index (χ0n) is 13.4. The molecule has 5 heteroatoms. The van der Waals surface area contributed by atoms with Gasteiger partial charge in [-0.05, 0) is 36.1 Å². The number of thiophene rings is 1. The van der Waals surface area contributed by atoms with E-state index >= 15 is 0 Å². The van der Waals surface area contributed by atoms with Gasteiger partial charge in [-0.25, -0.2) is 4.98 Å². The Morgan fingerprint density at radius 1 is 1.29 bits per heavy atom. The molecule has 3 aromatic rings. The molecule has 122 valence electrons. The molecule has 1 aromatic carbocycles. The number of aromatic nitrogens is 1. The van der Waals surface area contributed by atoms with Crippen molar-refractivity contribution in [3.8, 4) is 5.88 Å². The van der Waals surface area contributed by atoms with Gasteiger partial charge in [-0.3, -0.25) is 4.79 Å². The number of ether oxygens (including phenoxy) is 1. The highest BCUT2D eigenvalue weighted by Gasteiger charge is 2.29. The average Bonchev–Trinajstić information content (AvgIpc) is 3.23. The van der Waals surface area contributed by atoms with E-state index in [2.05, 4.69) is 4.98 Å². The largest absolute Gasteiger partial charge is 0.472 e. The summed E-state index contributed by atoms with van der Waals surface area (Å²) in [4.78, 5) is 19.7. The number of rotatable bonds is 3. The summed E-state index contributed by atoms with van der Waals surface area (Å²) in [6.07, 6.45) is 0.841. The van der Waals surface area contributed by atoms with Gasteiger partial charge in [0.25, 0.3) is 5.91 Å². The maximum Gasteiger partial charge on any atom is 0.264 e. The van der Waals surface area contributed by atoms with Crippen LogP contribution in [0.2, 0.25) is 0 Å². The Morgan fingerprint density at radius 2 is 2.17 bits per heavy atom. The van der Waals surface area contributed by atoms with Crippen molar-refractivity contribution in [3.63, 3.8) is 0 Å². The van der Waals surface area contributed by atoms with Crippen LogP contribution in [0.3, 0.4) is 0 Å². The molecule has 1 unspecified atom stereocenters. The van der Waals surface area contributed by atoms with Gasteiger partial charge in [0, 0.05) is 24.4 Å². The van der Waals surface area contributed by atoms with Crippen molar-refractivity contribution in [2.45, 2.75) is 19.4 Å². The Balaban J connectivity index is 1.43. The van der Waals surface area contributed by atoms with Gasteiger partial charge in [0.2, 0.25) is 5.88 Å². The number of para-hydroxylation sites is 1. The van der Waals surface area contributed by atoms with E-state index in [1.54, 1.807) is 0 Å². The molecule has 0 radical (unpaired) electrons. The summed E-state index contributed by atoms with van der Waals surface area (Å²) in [5.41, 5.74) is 2.06.